The average molecular weight is 505 g/mol. The Kier molecular flexibility index (Phi) is 5.80. The molecule has 1 nitrogen and oxygen atoms in total. The minimum atomic E-state index is -4.30. The van der Waals surface area contributed by atoms with Crippen LogP contribution in [0.25, 0.3) is 0 Å². The van der Waals surface area contributed by atoms with Crippen LogP contribution in [0.3, 0.4) is 0 Å². The highest BCUT2D eigenvalue weighted by atomic mass is 32.2. The molecule has 0 aromatic heterocycles. The topological polar surface area (TPSA) is 9.23 Å². The first-order valence-electron chi connectivity index (χ1n) is 12.6. The van der Waals surface area contributed by atoms with Crippen LogP contribution < -0.4 is 0 Å². The molecule has 182 valence electrons. The lowest BCUT2D eigenvalue weighted by molar-refractivity contribution is -0.295. The van der Waals surface area contributed by atoms with Gasteiger partial charge in [-0.05, 0) is 94.2 Å². The molecule has 0 bridgehead atoms. The second kappa shape index (κ2) is 7.70. The first kappa shape index (κ1) is 24.1. The van der Waals surface area contributed by atoms with E-state index in [0.29, 0.717) is 40.6 Å². The Hall–Kier alpha value is 0.407. The van der Waals surface area contributed by atoms with Crippen LogP contribution in [-0.2, 0) is 4.43 Å². The molecule has 1 saturated heterocycles. The fraction of sp³-hybridized carbons (Fsp3) is 0.920. The van der Waals surface area contributed by atoms with Crippen molar-refractivity contribution in [2.24, 2.45) is 35.0 Å². The average Bonchev–Trinajstić information content (AvgIpc) is 3.23. The molecule has 4 aliphatic carbocycles. The van der Waals surface area contributed by atoms with E-state index in [-0.39, 0.29) is 12.3 Å². The number of halogens is 3. The molecule has 2 unspecified atom stereocenters. The van der Waals surface area contributed by atoms with Gasteiger partial charge < -0.3 is 4.43 Å². The number of alkyl halides is 3. The summed E-state index contributed by atoms with van der Waals surface area (Å²) < 4.78 is 50.9. The van der Waals surface area contributed by atoms with E-state index in [1.807, 2.05) is 26.6 Å². The molecule has 7 heteroatoms. The molecule has 32 heavy (non-hydrogen) atoms. The Bertz CT molecular complexity index is 787. The predicted octanol–water partition coefficient (Wildman–Crippen LogP) is 8.13. The number of hydrogen-bond donors (Lipinski definition) is 0. The molecule has 0 N–H and O–H groups in total. The molecule has 7 atom stereocenters. The summed E-state index contributed by atoms with van der Waals surface area (Å²) in [5, 5.41) is 0. The summed E-state index contributed by atoms with van der Waals surface area (Å²) in [4.78, 5) is 0. The summed E-state index contributed by atoms with van der Waals surface area (Å²) in [6.45, 7) is 10.0. The van der Waals surface area contributed by atoms with Crippen LogP contribution in [0.4, 0.5) is 13.2 Å². The Morgan fingerprint density at radius 1 is 1.03 bits per heavy atom. The largest absolute Gasteiger partial charge is 0.416 e. The summed E-state index contributed by atoms with van der Waals surface area (Å²) in [7, 11) is -2.37. The molecule has 1 aliphatic heterocycles. The first-order chi connectivity index (χ1) is 14.8. The lowest BCUT2D eigenvalue weighted by Crippen LogP contribution is -2.63. The van der Waals surface area contributed by atoms with Gasteiger partial charge in [-0.3, -0.25) is 0 Å². The number of fused-ring (bicyclic) bond motifs is 5. The third-order valence-corrected chi connectivity index (χ3v) is 14.0. The fourth-order valence-corrected chi connectivity index (χ4v) is 13.3. The van der Waals surface area contributed by atoms with Crippen LogP contribution in [0, 0.1) is 35.0 Å². The Balaban J connectivity index is 1.48. The molecule has 1 spiro atoms. The van der Waals surface area contributed by atoms with Crippen LogP contribution >= 0.6 is 23.5 Å². The minimum absolute atomic E-state index is 0.127. The monoisotopic (exact) mass is 504 g/mol. The van der Waals surface area contributed by atoms with Gasteiger partial charge in [0.05, 0.1) is 4.08 Å². The van der Waals surface area contributed by atoms with E-state index >= 15 is 0 Å². The van der Waals surface area contributed by atoms with Crippen molar-refractivity contribution in [2.45, 2.75) is 94.3 Å². The van der Waals surface area contributed by atoms with Crippen molar-refractivity contribution >= 4 is 31.8 Å². The molecule has 1 heterocycles. The third kappa shape index (κ3) is 3.52. The van der Waals surface area contributed by atoms with Gasteiger partial charge >= 0.3 is 6.18 Å². The van der Waals surface area contributed by atoms with Crippen molar-refractivity contribution < 1.29 is 17.6 Å². The van der Waals surface area contributed by atoms with Crippen LogP contribution in [0.2, 0.25) is 19.6 Å². The van der Waals surface area contributed by atoms with E-state index in [0.717, 1.165) is 12.8 Å². The van der Waals surface area contributed by atoms with Crippen molar-refractivity contribution in [3.63, 3.8) is 0 Å². The van der Waals surface area contributed by atoms with Crippen molar-refractivity contribution in [3.05, 3.63) is 11.6 Å². The maximum Gasteiger partial charge on any atom is 0.416 e. The summed E-state index contributed by atoms with van der Waals surface area (Å²) >= 11 is 4.25. The van der Waals surface area contributed by atoms with Gasteiger partial charge in [0, 0.05) is 16.9 Å². The molecule has 0 aromatic carbocycles. The zero-order chi connectivity index (χ0) is 23.2. The summed E-state index contributed by atoms with van der Waals surface area (Å²) in [6, 6.07) is 0. The maximum absolute atomic E-state index is 14.8. The van der Waals surface area contributed by atoms with E-state index < -0.39 is 25.5 Å². The molecule has 5 aliphatic rings. The summed E-state index contributed by atoms with van der Waals surface area (Å²) in [5.74, 6) is 4.66. The van der Waals surface area contributed by atoms with Crippen LogP contribution in [0.1, 0.15) is 58.8 Å². The van der Waals surface area contributed by atoms with E-state index in [1.54, 1.807) is 5.57 Å². The lowest BCUT2D eigenvalue weighted by Gasteiger charge is -2.59. The Morgan fingerprint density at radius 3 is 2.34 bits per heavy atom. The lowest BCUT2D eigenvalue weighted by atomic mass is 9.48. The predicted molar refractivity (Wildman–Crippen MR) is 132 cm³/mol. The van der Waals surface area contributed by atoms with Crippen LogP contribution in [-0.4, -0.2) is 35.7 Å². The molecule has 3 saturated carbocycles. The fourth-order valence-electron chi connectivity index (χ4n) is 8.64. The van der Waals surface area contributed by atoms with Gasteiger partial charge in [0.15, 0.2) is 13.9 Å². The molecular formula is C25H39F3OS2Si. The van der Waals surface area contributed by atoms with Crippen molar-refractivity contribution in [3.8, 4) is 0 Å². The molecule has 0 radical (unpaired) electrons. The highest BCUT2D eigenvalue weighted by Gasteiger charge is 2.74. The van der Waals surface area contributed by atoms with Gasteiger partial charge in [-0.1, -0.05) is 25.5 Å². The number of hydrogen-bond acceptors (Lipinski definition) is 3. The van der Waals surface area contributed by atoms with E-state index in [1.165, 1.54) is 24.3 Å². The maximum atomic E-state index is 14.8. The summed E-state index contributed by atoms with van der Waals surface area (Å²) in [5.41, 5.74) is -1.10. The highest BCUT2D eigenvalue weighted by Crippen LogP contribution is 2.70. The smallest absolute Gasteiger partial charge is 0.403 e. The second-order valence-electron chi connectivity index (χ2n) is 12.4. The number of allylic oxidation sites excluding steroid dienone is 1. The van der Waals surface area contributed by atoms with Gasteiger partial charge in [0.2, 0.25) is 0 Å². The standard InChI is InChI=1S/C25H39F3OS2Si/c1-16-14-17-15-23(30-12-13-31-23)10-7-18(17)19-6-9-22(2)20(21(16)19)8-11-24(22,25(26,27)28)29-32(3,4)5/h15-16,18-21H,6-14H2,1-5H3/t16?,18-,19+,20-,21+,22-,24?/m0/s1. The Labute approximate surface area is 201 Å². The first-order valence-corrected chi connectivity index (χ1v) is 18.0. The molecule has 5 rings (SSSR count). The third-order valence-electron chi connectivity index (χ3n) is 9.64. The van der Waals surface area contributed by atoms with Gasteiger partial charge in [-0.15, -0.1) is 23.5 Å². The van der Waals surface area contributed by atoms with E-state index in [2.05, 4.69) is 36.5 Å². The summed E-state index contributed by atoms with van der Waals surface area (Å²) in [6.07, 6.45) is 4.30. The molecular weight excluding hydrogens is 465 g/mol. The molecule has 0 amide bonds. The zero-order valence-corrected chi connectivity index (χ0v) is 22.8. The second-order valence-corrected chi connectivity index (χ2v) is 20.0. The van der Waals surface area contributed by atoms with Crippen molar-refractivity contribution in [2.75, 3.05) is 11.5 Å². The SMILES string of the molecule is CC1CC2=CC3(CC[C@@H]2[C@H]2CC[C@@]4(C)[C@@H](CCC4(O[Si](C)(C)C)C(F)(F)F)[C@H]12)SCCS3. The van der Waals surface area contributed by atoms with Gasteiger partial charge in [0.1, 0.15) is 0 Å². The van der Waals surface area contributed by atoms with E-state index in [9.17, 15) is 13.2 Å². The molecule has 4 fully saturated rings. The number of rotatable bonds is 2. The normalized spacial score (nSPS) is 45.9. The van der Waals surface area contributed by atoms with Crippen molar-refractivity contribution in [1.29, 1.82) is 0 Å². The quantitative estimate of drug-likeness (QED) is 0.277. The van der Waals surface area contributed by atoms with Crippen LogP contribution in [0.5, 0.6) is 0 Å². The highest BCUT2D eigenvalue weighted by molar-refractivity contribution is 8.21. The van der Waals surface area contributed by atoms with Crippen LogP contribution in [0.15, 0.2) is 11.6 Å². The zero-order valence-electron chi connectivity index (χ0n) is 20.2. The van der Waals surface area contributed by atoms with E-state index in [4.69, 9.17) is 4.43 Å². The van der Waals surface area contributed by atoms with Gasteiger partial charge in [-0.25, -0.2) is 0 Å². The minimum Gasteiger partial charge on any atom is -0.403 e. The van der Waals surface area contributed by atoms with Gasteiger partial charge in [-0.2, -0.15) is 13.2 Å². The van der Waals surface area contributed by atoms with Crippen molar-refractivity contribution in [1.82, 2.24) is 0 Å². The Morgan fingerprint density at radius 2 is 1.72 bits per heavy atom. The number of thioether (sulfide) groups is 2. The molecule has 0 aromatic rings. The van der Waals surface area contributed by atoms with Gasteiger partial charge in [0.25, 0.3) is 0 Å².